The van der Waals surface area contributed by atoms with E-state index in [2.05, 4.69) is 10.3 Å². The van der Waals surface area contributed by atoms with Crippen molar-refractivity contribution in [2.45, 2.75) is 6.92 Å². The minimum Gasteiger partial charge on any atom is -0.320 e. The van der Waals surface area contributed by atoms with Crippen LogP contribution in [-0.4, -0.2) is 25.9 Å². The van der Waals surface area contributed by atoms with Gasteiger partial charge in [-0.25, -0.2) is 9.67 Å². The number of para-hydroxylation sites is 1. The van der Waals surface area contributed by atoms with Gasteiger partial charge in [-0.15, -0.1) is 0 Å². The predicted molar refractivity (Wildman–Crippen MR) is 104 cm³/mol. The summed E-state index contributed by atoms with van der Waals surface area (Å²) >= 11 is 0. The van der Waals surface area contributed by atoms with Gasteiger partial charge >= 0.3 is 0 Å². The van der Waals surface area contributed by atoms with Crippen molar-refractivity contribution in [3.63, 3.8) is 0 Å². The first-order chi connectivity index (χ1) is 13.4. The summed E-state index contributed by atoms with van der Waals surface area (Å²) in [4.78, 5) is 40.2. The monoisotopic (exact) mass is 377 g/mol. The van der Waals surface area contributed by atoms with Crippen LogP contribution in [0.4, 0.5) is 17.1 Å². The van der Waals surface area contributed by atoms with E-state index in [1.165, 1.54) is 22.9 Å². The molecule has 1 amide bonds. The summed E-state index contributed by atoms with van der Waals surface area (Å²) in [5.74, 6) is -0.510. The fourth-order valence-corrected chi connectivity index (χ4v) is 3.16. The molecule has 0 spiro atoms. The van der Waals surface area contributed by atoms with Gasteiger partial charge in [-0.1, -0.05) is 18.2 Å². The van der Waals surface area contributed by atoms with Crippen molar-refractivity contribution < 1.29 is 9.72 Å². The number of rotatable bonds is 3. The molecule has 2 heterocycles. The zero-order chi connectivity index (χ0) is 20.0. The number of carbonyl (C=O) groups excluding carboxylic acids is 1. The van der Waals surface area contributed by atoms with Crippen molar-refractivity contribution in [3.05, 3.63) is 80.3 Å². The van der Waals surface area contributed by atoms with Crippen LogP contribution in [0.1, 0.15) is 11.3 Å². The first kappa shape index (κ1) is 17.4. The first-order valence-corrected chi connectivity index (χ1v) is 8.41. The highest BCUT2D eigenvalue weighted by Crippen LogP contribution is 2.29. The highest BCUT2D eigenvalue weighted by atomic mass is 16.6. The van der Waals surface area contributed by atoms with Crippen LogP contribution in [0, 0.1) is 17.0 Å². The number of aromatic nitrogens is 2. The van der Waals surface area contributed by atoms with E-state index in [4.69, 9.17) is 0 Å². The first-order valence-electron chi connectivity index (χ1n) is 8.41. The van der Waals surface area contributed by atoms with Crippen molar-refractivity contribution in [3.8, 4) is 5.69 Å². The van der Waals surface area contributed by atoms with Gasteiger partial charge < -0.3 is 5.32 Å². The maximum atomic E-state index is 13.0. The summed E-state index contributed by atoms with van der Waals surface area (Å²) in [5.41, 5.74) is 1.49. The number of fused-ring (bicyclic) bond motifs is 1. The number of hydrogen-bond acceptors (Lipinski definition) is 5. The molecule has 9 nitrogen and oxygen atoms in total. The maximum Gasteiger partial charge on any atom is 0.297 e. The second-order valence-corrected chi connectivity index (χ2v) is 6.31. The standard InChI is InChI=1S/C19H15N5O4/c1-11-16(19(26)23(22(11)2)12-6-4-3-5-7-12)21-17-14-10-13(24(27)28)8-9-15(14)20-18(17)25/h3-10H,1-2H3,(H,20,21,25). The van der Waals surface area contributed by atoms with Gasteiger partial charge in [0.15, 0.2) is 5.69 Å². The van der Waals surface area contributed by atoms with Gasteiger partial charge in [-0.2, -0.15) is 0 Å². The summed E-state index contributed by atoms with van der Waals surface area (Å²) in [6.45, 7) is 1.72. The van der Waals surface area contributed by atoms with Gasteiger partial charge in [0.2, 0.25) is 0 Å². The maximum absolute atomic E-state index is 13.0. The van der Waals surface area contributed by atoms with Crippen molar-refractivity contribution in [1.29, 1.82) is 0 Å². The van der Waals surface area contributed by atoms with Crippen molar-refractivity contribution in [1.82, 2.24) is 9.36 Å². The molecule has 3 aromatic rings. The molecule has 1 aliphatic heterocycles. The van der Waals surface area contributed by atoms with E-state index in [0.717, 1.165) is 0 Å². The molecule has 0 saturated heterocycles. The van der Waals surface area contributed by atoms with Crippen molar-refractivity contribution >= 4 is 28.7 Å². The Bertz CT molecular complexity index is 1220. The number of carbonyl (C=O) groups is 1. The third-order valence-electron chi connectivity index (χ3n) is 4.68. The lowest BCUT2D eigenvalue weighted by molar-refractivity contribution is -0.384. The zero-order valence-electron chi connectivity index (χ0n) is 15.0. The number of non-ortho nitro benzene ring substituents is 1. The number of amides is 1. The third-order valence-corrected chi connectivity index (χ3v) is 4.68. The van der Waals surface area contributed by atoms with Crippen LogP contribution in [-0.2, 0) is 11.8 Å². The molecule has 9 heteroatoms. The summed E-state index contributed by atoms with van der Waals surface area (Å²) < 4.78 is 3.11. The average Bonchev–Trinajstić information content (AvgIpc) is 3.10. The average molecular weight is 377 g/mol. The Labute approximate surface area is 158 Å². The molecule has 0 atom stereocenters. The van der Waals surface area contributed by atoms with Crippen molar-refractivity contribution in [2.75, 3.05) is 5.32 Å². The van der Waals surface area contributed by atoms with Gasteiger partial charge in [-0.05, 0) is 25.1 Å². The van der Waals surface area contributed by atoms with Gasteiger partial charge in [0.05, 0.1) is 22.0 Å². The zero-order valence-corrected chi connectivity index (χ0v) is 15.0. The number of hydrogen-bond donors (Lipinski definition) is 1. The smallest absolute Gasteiger partial charge is 0.297 e. The number of nitrogens with one attached hydrogen (secondary N) is 1. The Morgan fingerprint density at radius 1 is 1.11 bits per heavy atom. The van der Waals surface area contributed by atoms with Crippen LogP contribution in [0.2, 0.25) is 0 Å². The van der Waals surface area contributed by atoms with Gasteiger partial charge in [-0.3, -0.25) is 24.4 Å². The summed E-state index contributed by atoms with van der Waals surface area (Å²) in [6, 6.07) is 13.1. The van der Waals surface area contributed by atoms with E-state index in [-0.39, 0.29) is 22.6 Å². The number of anilines is 1. The molecule has 0 fully saturated rings. The van der Waals surface area contributed by atoms with E-state index < -0.39 is 10.8 Å². The summed E-state index contributed by atoms with van der Waals surface area (Å²) in [5, 5.41) is 13.7. The largest absolute Gasteiger partial charge is 0.320 e. The number of nitrogens with zero attached hydrogens (tertiary/aromatic N) is 4. The molecule has 0 aliphatic carbocycles. The highest BCUT2D eigenvalue weighted by molar-refractivity contribution is 6.54. The molecule has 0 radical (unpaired) electrons. The quantitative estimate of drug-likeness (QED) is 0.558. The van der Waals surface area contributed by atoms with E-state index >= 15 is 0 Å². The number of nitro groups is 1. The molecular formula is C19H15N5O4. The van der Waals surface area contributed by atoms with E-state index in [1.54, 1.807) is 30.8 Å². The topological polar surface area (TPSA) is 112 Å². The second-order valence-electron chi connectivity index (χ2n) is 6.31. The molecule has 0 unspecified atom stereocenters. The van der Waals surface area contributed by atoms with E-state index in [1.807, 2.05) is 18.2 Å². The minimum absolute atomic E-state index is 0.0234. The molecule has 1 aromatic heterocycles. The van der Waals surface area contributed by atoms with Gasteiger partial charge in [0, 0.05) is 24.7 Å². The van der Waals surface area contributed by atoms with Crippen LogP contribution in [0.3, 0.4) is 0 Å². The lowest BCUT2D eigenvalue weighted by atomic mass is 10.1. The number of nitro benzene ring substituents is 1. The molecule has 140 valence electrons. The molecule has 0 bridgehead atoms. The van der Waals surface area contributed by atoms with Gasteiger partial charge in [0.1, 0.15) is 5.71 Å². The molecule has 0 saturated carbocycles. The van der Waals surface area contributed by atoms with Crippen LogP contribution in [0.25, 0.3) is 5.69 Å². The Hall–Kier alpha value is -4.01. The fourth-order valence-electron chi connectivity index (χ4n) is 3.16. The Balaban J connectivity index is 1.90. The summed E-state index contributed by atoms with van der Waals surface area (Å²) in [7, 11) is 1.72. The number of aliphatic imine (C=N–C) groups is 1. The highest BCUT2D eigenvalue weighted by Gasteiger charge is 2.29. The van der Waals surface area contributed by atoms with Crippen LogP contribution in [0.5, 0.6) is 0 Å². The van der Waals surface area contributed by atoms with Crippen LogP contribution < -0.4 is 10.9 Å². The SMILES string of the molecule is Cc1c(N=C2C(=O)Nc3ccc([N+](=O)[O-])cc32)c(=O)n(-c2ccccc2)n1C. The Morgan fingerprint density at radius 2 is 1.82 bits per heavy atom. The van der Waals surface area contributed by atoms with Crippen molar-refractivity contribution in [2.24, 2.45) is 12.0 Å². The molecular weight excluding hydrogens is 362 g/mol. The molecule has 2 aromatic carbocycles. The summed E-state index contributed by atoms with van der Waals surface area (Å²) in [6.07, 6.45) is 0. The lowest BCUT2D eigenvalue weighted by Gasteiger charge is -2.07. The third kappa shape index (κ3) is 2.60. The van der Waals surface area contributed by atoms with Crippen LogP contribution in [0.15, 0.2) is 58.3 Å². The lowest BCUT2D eigenvalue weighted by Crippen LogP contribution is -2.20. The second kappa shape index (κ2) is 6.31. The minimum atomic E-state index is -0.545. The normalized spacial score (nSPS) is 14.2. The Kier molecular flexibility index (Phi) is 3.92. The number of benzene rings is 2. The molecule has 1 aliphatic rings. The van der Waals surface area contributed by atoms with E-state index in [9.17, 15) is 19.7 Å². The Morgan fingerprint density at radius 3 is 2.50 bits per heavy atom. The van der Waals surface area contributed by atoms with Gasteiger partial charge in [0.25, 0.3) is 17.2 Å². The fraction of sp³-hybridized carbons (Fsp3) is 0.105. The predicted octanol–water partition coefficient (Wildman–Crippen LogP) is 2.47. The molecule has 1 N–H and O–H groups in total. The molecule has 28 heavy (non-hydrogen) atoms. The van der Waals surface area contributed by atoms with E-state index in [0.29, 0.717) is 22.6 Å². The molecule has 4 rings (SSSR count). The van der Waals surface area contributed by atoms with Crippen LogP contribution >= 0.6 is 0 Å².